The number of sulfonamides is 1. The molecule has 2 aromatic rings. The molecule has 1 aromatic carbocycles. The fourth-order valence-corrected chi connectivity index (χ4v) is 3.57. The number of hydrogen-bond acceptors (Lipinski definition) is 4. The molecule has 5 nitrogen and oxygen atoms in total. The van der Waals surface area contributed by atoms with Gasteiger partial charge in [0.15, 0.2) is 0 Å². The molecular formula is C17H22FN3O2S. The van der Waals surface area contributed by atoms with Gasteiger partial charge in [0.2, 0.25) is 10.0 Å². The molecule has 0 fully saturated rings. The van der Waals surface area contributed by atoms with Crippen molar-refractivity contribution in [1.29, 1.82) is 0 Å². The van der Waals surface area contributed by atoms with Crippen LogP contribution in [-0.2, 0) is 16.6 Å². The molecule has 0 aliphatic heterocycles. The summed E-state index contributed by atoms with van der Waals surface area (Å²) < 4.78 is 40.3. The van der Waals surface area contributed by atoms with E-state index in [-0.39, 0.29) is 16.8 Å². The van der Waals surface area contributed by atoms with E-state index in [1.165, 1.54) is 24.4 Å². The van der Waals surface area contributed by atoms with Crippen molar-refractivity contribution < 1.29 is 12.8 Å². The van der Waals surface area contributed by atoms with Gasteiger partial charge >= 0.3 is 0 Å². The van der Waals surface area contributed by atoms with Crippen molar-refractivity contribution in [2.24, 2.45) is 0 Å². The molecule has 0 bridgehead atoms. The van der Waals surface area contributed by atoms with E-state index in [9.17, 15) is 12.8 Å². The number of nitrogens with zero attached hydrogens (tertiary/aromatic N) is 1. The van der Waals surface area contributed by atoms with Gasteiger partial charge in [0.1, 0.15) is 16.5 Å². The highest BCUT2D eigenvalue weighted by molar-refractivity contribution is 7.89. The van der Waals surface area contributed by atoms with Gasteiger partial charge < -0.3 is 5.32 Å². The van der Waals surface area contributed by atoms with Crippen LogP contribution in [0.4, 0.5) is 10.2 Å². The van der Waals surface area contributed by atoms with E-state index >= 15 is 0 Å². The van der Waals surface area contributed by atoms with Crippen molar-refractivity contribution in [3.8, 4) is 0 Å². The molecular weight excluding hydrogens is 329 g/mol. The molecule has 24 heavy (non-hydrogen) atoms. The summed E-state index contributed by atoms with van der Waals surface area (Å²) in [7, 11) is -3.56. The lowest BCUT2D eigenvalue weighted by atomic mass is 10.2. The Morgan fingerprint density at radius 1 is 1.17 bits per heavy atom. The predicted molar refractivity (Wildman–Crippen MR) is 92.7 cm³/mol. The van der Waals surface area contributed by atoms with Gasteiger partial charge in [0, 0.05) is 18.8 Å². The van der Waals surface area contributed by atoms with Crippen molar-refractivity contribution in [2.45, 2.75) is 44.2 Å². The lowest BCUT2D eigenvalue weighted by molar-refractivity contribution is 0.530. The van der Waals surface area contributed by atoms with Crippen molar-refractivity contribution >= 4 is 15.8 Å². The summed E-state index contributed by atoms with van der Waals surface area (Å²) >= 11 is 0. The minimum Gasteiger partial charge on any atom is -0.366 e. The van der Waals surface area contributed by atoms with Crippen LogP contribution in [0.1, 0.15) is 32.3 Å². The Morgan fingerprint density at radius 2 is 1.92 bits per heavy atom. The summed E-state index contributed by atoms with van der Waals surface area (Å²) in [5.74, 6) is 0.233. The zero-order valence-electron chi connectivity index (χ0n) is 13.8. The van der Waals surface area contributed by atoms with Gasteiger partial charge in [-0.3, -0.25) is 0 Å². The lowest BCUT2D eigenvalue weighted by Gasteiger charge is -2.15. The normalized spacial score (nSPS) is 11.7. The maximum Gasteiger partial charge on any atom is 0.242 e. The number of aromatic nitrogens is 1. The number of pyridine rings is 1. The van der Waals surface area contributed by atoms with Crippen molar-refractivity contribution in [2.75, 3.05) is 5.32 Å². The summed E-state index contributed by atoms with van der Waals surface area (Å²) in [4.78, 5) is 4.25. The maximum atomic E-state index is 13.1. The van der Waals surface area contributed by atoms with Crippen LogP contribution in [0.25, 0.3) is 0 Å². The molecule has 0 aliphatic rings. The van der Waals surface area contributed by atoms with E-state index in [0.29, 0.717) is 12.4 Å². The molecule has 0 aliphatic carbocycles. The first-order valence-corrected chi connectivity index (χ1v) is 9.39. The van der Waals surface area contributed by atoms with Crippen LogP contribution in [0, 0.1) is 5.82 Å². The first-order chi connectivity index (χ1) is 11.4. The molecule has 0 atom stereocenters. The van der Waals surface area contributed by atoms with Gasteiger partial charge in [0.05, 0.1) is 0 Å². The molecule has 130 valence electrons. The number of benzene rings is 1. The largest absolute Gasteiger partial charge is 0.366 e. The van der Waals surface area contributed by atoms with E-state index < -0.39 is 10.0 Å². The summed E-state index contributed by atoms with van der Waals surface area (Å²) in [5, 5.41) is 3.04. The average molecular weight is 351 g/mol. The van der Waals surface area contributed by atoms with Crippen LogP contribution in [0.3, 0.4) is 0 Å². The van der Waals surface area contributed by atoms with Crippen molar-refractivity contribution in [1.82, 2.24) is 9.71 Å². The molecule has 1 aromatic heterocycles. The number of anilines is 1. The molecule has 0 radical (unpaired) electrons. The first kappa shape index (κ1) is 18.4. The van der Waals surface area contributed by atoms with Crippen LogP contribution in [0.5, 0.6) is 0 Å². The Balaban J connectivity index is 2.02. The summed E-state index contributed by atoms with van der Waals surface area (Å²) in [5.41, 5.74) is 0.781. The van der Waals surface area contributed by atoms with Crippen LogP contribution in [-0.4, -0.2) is 19.4 Å². The Hall–Kier alpha value is -1.99. The molecule has 0 spiro atoms. The highest BCUT2D eigenvalue weighted by Gasteiger charge is 2.18. The summed E-state index contributed by atoms with van der Waals surface area (Å²) in [6.45, 7) is 4.28. The molecule has 2 rings (SSSR count). The van der Waals surface area contributed by atoms with Gasteiger partial charge in [-0.25, -0.2) is 22.5 Å². The SMILES string of the molecule is CCC(CC)NS(=O)(=O)c1ccc(NCc2cccc(F)c2)nc1. The molecule has 0 saturated carbocycles. The van der Waals surface area contributed by atoms with Gasteiger partial charge in [-0.05, 0) is 42.7 Å². The third kappa shape index (κ3) is 5.01. The Bertz CT molecular complexity index is 760. The molecule has 0 unspecified atom stereocenters. The first-order valence-electron chi connectivity index (χ1n) is 7.91. The van der Waals surface area contributed by atoms with Crippen molar-refractivity contribution in [3.63, 3.8) is 0 Å². The van der Waals surface area contributed by atoms with Gasteiger partial charge in [-0.2, -0.15) is 0 Å². The number of hydrogen-bond donors (Lipinski definition) is 2. The van der Waals surface area contributed by atoms with E-state index in [1.807, 2.05) is 13.8 Å². The number of rotatable bonds is 8. The minimum atomic E-state index is -3.56. The van der Waals surface area contributed by atoms with Crippen LogP contribution >= 0.6 is 0 Å². The number of halogens is 1. The third-order valence-electron chi connectivity index (χ3n) is 3.72. The fourth-order valence-electron chi connectivity index (χ4n) is 2.23. The van der Waals surface area contributed by atoms with Crippen LogP contribution < -0.4 is 10.0 Å². The Kier molecular flexibility index (Phi) is 6.28. The maximum absolute atomic E-state index is 13.1. The quantitative estimate of drug-likeness (QED) is 0.765. The monoisotopic (exact) mass is 351 g/mol. The standard InChI is InChI=1S/C17H22FN3O2S/c1-3-15(4-2)21-24(22,23)16-8-9-17(20-12-16)19-11-13-6-5-7-14(18)10-13/h5-10,12,15,21H,3-4,11H2,1-2H3,(H,19,20). The highest BCUT2D eigenvalue weighted by atomic mass is 32.2. The van der Waals surface area contributed by atoms with Crippen molar-refractivity contribution in [3.05, 3.63) is 54.0 Å². The molecule has 7 heteroatoms. The predicted octanol–water partition coefficient (Wildman–Crippen LogP) is 3.30. The van der Waals surface area contributed by atoms with Gasteiger partial charge in [-0.1, -0.05) is 26.0 Å². The van der Waals surface area contributed by atoms with E-state index in [1.54, 1.807) is 18.2 Å². The van der Waals surface area contributed by atoms with E-state index in [2.05, 4.69) is 15.0 Å². The Labute approximate surface area is 142 Å². The fraction of sp³-hybridized carbons (Fsp3) is 0.353. The summed E-state index contributed by atoms with van der Waals surface area (Å²) in [6, 6.07) is 9.28. The van der Waals surface area contributed by atoms with Gasteiger partial charge in [-0.15, -0.1) is 0 Å². The topological polar surface area (TPSA) is 71.1 Å². The minimum absolute atomic E-state index is 0.0826. The molecule has 0 saturated heterocycles. The smallest absolute Gasteiger partial charge is 0.242 e. The highest BCUT2D eigenvalue weighted by Crippen LogP contribution is 2.13. The second-order valence-electron chi connectivity index (χ2n) is 5.50. The zero-order chi connectivity index (χ0) is 17.6. The third-order valence-corrected chi connectivity index (χ3v) is 5.22. The zero-order valence-corrected chi connectivity index (χ0v) is 14.6. The van der Waals surface area contributed by atoms with E-state index in [0.717, 1.165) is 18.4 Å². The molecule has 2 N–H and O–H groups in total. The summed E-state index contributed by atoms with van der Waals surface area (Å²) in [6.07, 6.45) is 2.78. The lowest BCUT2D eigenvalue weighted by Crippen LogP contribution is -2.33. The van der Waals surface area contributed by atoms with Crippen LogP contribution in [0.15, 0.2) is 47.5 Å². The molecule has 0 amide bonds. The van der Waals surface area contributed by atoms with E-state index in [4.69, 9.17) is 0 Å². The Morgan fingerprint density at radius 3 is 2.50 bits per heavy atom. The average Bonchev–Trinajstić information content (AvgIpc) is 2.58. The molecule has 1 heterocycles. The van der Waals surface area contributed by atoms with Crippen LogP contribution in [0.2, 0.25) is 0 Å². The second-order valence-corrected chi connectivity index (χ2v) is 7.21. The number of nitrogens with one attached hydrogen (secondary N) is 2. The second kappa shape index (κ2) is 8.21. The van der Waals surface area contributed by atoms with Gasteiger partial charge in [0.25, 0.3) is 0 Å².